The Morgan fingerprint density at radius 2 is 1.80 bits per heavy atom. The highest BCUT2D eigenvalue weighted by Crippen LogP contribution is 2.14. The Hall–Kier alpha value is -0.870. The lowest BCUT2D eigenvalue weighted by molar-refractivity contribution is 0.465. The van der Waals surface area contributed by atoms with Crippen LogP contribution in [0.15, 0.2) is 24.3 Å². The van der Waals surface area contributed by atoms with E-state index in [4.69, 9.17) is 0 Å². The maximum absolute atomic E-state index is 11.7. The molecule has 0 saturated carbocycles. The standard InChI is InChI=1S/C16H27NO2S/c1-4-17-13-16(10-11-20(18,19)5-2)12-15-8-6-14(3)7-9-15/h6-9,16-17H,4-5,10-13H2,1-3H3. The molecule has 0 aliphatic rings. The van der Waals surface area contributed by atoms with Crippen molar-refractivity contribution < 1.29 is 8.42 Å². The molecule has 20 heavy (non-hydrogen) atoms. The Kier molecular flexibility index (Phi) is 7.24. The van der Waals surface area contributed by atoms with Gasteiger partial charge in [0.1, 0.15) is 9.84 Å². The monoisotopic (exact) mass is 297 g/mol. The average Bonchev–Trinajstić information content (AvgIpc) is 2.44. The second-order valence-corrected chi connectivity index (χ2v) is 7.86. The van der Waals surface area contributed by atoms with Gasteiger partial charge in [-0.15, -0.1) is 0 Å². The molecule has 0 aromatic heterocycles. The molecule has 0 radical (unpaired) electrons. The summed E-state index contributed by atoms with van der Waals surface area (Å²) in [6.07, 6.45) is 1.67. The van der Waals surface area contributed by atoms with E-state index in [1.54, 1.807) is 6.92 Å². The van der Waals surface area contributed by atoms with E-state index in [2.05, 4.69) is 43.4 Å². The lowest BCUT2D eigenvalue weighted by atomic mass is 9.96. The van der Waals surface area contributed by atoms with Crippen molar-refractivity contribution in [3.8, 4) is 0 Å². The van der Waals surface area contributed by atoms with Crippen LogP contribution in [-0.2, 0) is 16.3 Å². The molecule has 114 valence electrons. The van der Waals surface area contributed by atoms with Gasteiger partial charge in [-0.25, -0.2) is 8.42 Å². The van der Waals surface area contributed by atoms with Crippen molar-refractivity contribution in [3.05, 3.63) is 35.4 Å². The van der Waals surface area contributed by atoms with E-state index < -0.39 is 9.84 Å². The first kappa shape index (κ1) is 17.2. The predicted octanol–water partition coefficient (Wildman–Crippen LogP) is 2.59. The lowest BCUT2D eigenvalue weighted by Crippen LogP contribution is -2.26. The average molecular weight is 297 g/mol. The van der Waals surface area contributed by atoms with E-state index in [9.17, 15) is 8.42 Å². The zero-order valence-corrected chi connectivity index (χ0v) is 13.7. The molecule has 1 aromatic carbocycles. The van der Waals surface area contributed by atoms with Crippen molar-refractivity contribution in [2.24, 2.45) is 5.92 Å². The summed E-state index contributed by atoms with van der Waals surface area (Å²) in [4.78, 5) is 0. The first-order chi connectivity index (χ1) is 9.46. The van der Waals surface area contributed by atoms with Crippen molar-refractivity contribution >= 4 is 9.84 Å². The van der Waals surface area contributed by atoms with Crippen LogP contribution in [-0.4, -0.2) is 33.0 Å². The molecule has 0 fully saturated rings. The summed E-state index contributed by atoms with van der Waals surface area (Å²) in [5.41, 5.74) is 2.54. The molecule has 0 spiro atoms. The third kappa shape index (κ3) is 6.53. The van der Waals surface area contributed by atoms with Crippen LogP contribution in [0, 0.1) is 12.8 Å². The van der Waals surface area contributed by atoms with Gasteiger partial charge in [-0.05, 0) is 44.3 Å². The second kappa shape index (κ2) is 8.42. The summed E-state index contributed by atoms with van der Waals surface area (Å²) in [7, 11) is -2.87. The molecular formula is C16H27NO2S. The van der Waals surface area contributed by atoms with Crippen LogP contribution in [0.5, 0.6) is 0 Å². The third-order valence-electron chi connectivity index (χ3n) is 3.60. The number of aryl methyl sites for hydroxylation is 1. The van der Waals surface area contributed by atoms with Crippen molar-refractivity contribution in [2.75, 3.05) is 24.6 Å². The highest BCUT2D eigenvalue weighted by molar-refractivity contribution is 7.91. The maximum atomic E-state index is 11.7. The van der Waals surface area contributed by atoms with Gasteiger partial charge in [0.05, 0.1) is 5.75 Å². The SMILES string of the molecule is CCNCC(CCS(=O)(=O)CC)Cc1ccc(C)cc1. The molecule has 3 nitrogen and oxygen atoms in total. The second-order valence-electron chi connectivity index (χ2n) is 5.39. The molecule has 0 saturated heterocycles. The van der Waals surface area contributed by atoms with Gasteiger partial charge in [-0.3, -0.25) is 0 Å². The van der Waals surface area contributed by atoms with Gasteiger partial charge in [0, 0.05) is 5.75 Å². The van der Waals surface area contributed by atoms with Crippen LogP contribution in [0.4, 0.5) is 0 Å². The van der Waals surface area contributed by atoms with Crippen LogP contribution >= 0.6 is 0 Å². The normalized spacial score (nSPS) is 13.3. The minimum absolute atomic E-state index is 0.242. The molecular weight excluding hydrogens is 270 g/mol. The number of hydrogen-bond acceptors (Lipinski definition) is 3. The Labute approximate surface area is 123 Å². The van der Waals surface area contributed by atoms with E-state index in [1.807, 2.05) is 0 Å². The minimum atomic E-state index is -2.87. The van der Waals surface area contributed by atoms with Crippen molar-refractivity contribution in [2.45, 2.75) is 33.6 Å². The van der Waals surface area contributed by atoms with E-state index >= 15 is 0 Å². The number of hydrogen-bond donors (Lipinski definition) is 1. The van der Waals surface area contributed by atoms with Gasteiger partial charge < -0.3 is 5.32 Å². The summed E-state index contributed by atoms with van der Waals surface area (Å²) >= 11 is 0. The molecule has 0 amide bonds. The topological polar surface area (TPSA) is 46.2 Å². The van der Waals surface area contributed by atoms with E-state index in [0.717, 1.165) is 25.9 Å². The summed E-state index contributed by atoms with van der Waals surface area (Å²) in [6.45, 7) is 7.67. The summed E-state index contributed by atoms with van der Waals surface area (Å²) in [5.74, 6) is 0.913. The summed E-state index contributed by atoms with van der Waals surface area (Å²) in [5, 5.41) is 3.34. The van der Waals surface area contributed by atoms with Gasteiger partial charge in [-0.2, -0.15) is 0 Å². The largest absolute Gasteiger partial charge is 0.317 e. The van der Waals surface area contributed by atoms with E-state index in [0.29, 0.717) is 11.7 Å². The number of rotatable bonds is 9. The van der Waals surface area contributed by atoms with Crippen molar-refractivity contribution in [1.29, 1.82) is 0 Å². The number of benzene rings is 1. The van der Waals surface area contributed by atoms with E-state index in [1.165, 1.54) is 11.1 Å². The molecule has 1 atom stereocenters. The summed E-state index contributed by atoms with van der Waals surface area (Å²) < 4.78 is 23.3. The minimum Gasteiger partial charge on any atom is -0.317 e. The fourth-order valence-electron chi connectivity index (χ4n) is 2.17. The van der Waals surface area contributed by atoms with Gasteiger partial charge in [0.25, 0.3) is 0 Å². The number of sulfone groups is 1. The molecule has 0 aliphatic carbocycles. The summed E-state index contributed by atoms with van der Waals surface area (Å²) in [6, 6.07) is 8.51. The Balaban J connectivity index is 2.61. The predicted molar refractivity (Wildman–Crippen MR) is 85.9 cm³/mol. The van der Waals surface area contributed by atoms with Crippen LogP contribution in [0.25, 0.3) is 0 Å². The Morgan fingerprint density at radius 3 is 2.35 bits per heavy atom. The third-order valence-corrected chi connectivity index (χ3v) is 5.34. The molecule has 4 heteroatoms. The zero-order chi connectivity index (χ0) is 15.0. The highest BCUT2D eigenvalue weighted by Gasteiger charge is 2.14. The van der Waals surface area contributed by atoms with Gasteiger partial charge in [0.2, 0.25) is 0 Å². The quantitative estimate of drug-likeness (QED) is 0.762. The van der Waals surface area contributed by atoms with Gasteiger partial charge in [0.15, 0.2) is 0 Å². The Morgan fingerprint density at radius 1 is 1.15 bits per heavy atom. The van der Waals surface area contributed by atoms with Crippen LogP contribution in [0.3, 0.4) is 0 Å². The van der Waals surface area contributed by atoms with Crippen molar-refractivity contribution in [3.63, 3.8) is 0 Å². The Bertz CT molecular complexity index is 480. The fourth-order valence-corrected chi connectivity index (χ4v) is 3.15. The first-order valence-corrected chi connectivity index (χ1v) is 9.25. The zero-order valence-electron chi connectivity index (χ0n) is 12.9. The lowest BCUT2D eigenvalue weighted by Gasteiger charge is -2.17. The molecule has 0 aliphatic heterocycles. The van der Waals surface area contributed by atoms with Gasteiger partial charge in [-0.1, -0.05) is 43.7 Å². The smallest absolute Gasteiger partial charge is 0.150 e. The first-order valence-electron chi connectivity index (χ1n) is 7.43. The fraction of sp³-hybridized carbons (Fsp3) is 0.625. The molecule has 1 unspecified atom stereocenters. The molecule has 1 rings (SSSR count). The molecule has 0 heterocycles. The highest BCUT2D eigenvalue weighted by atomic mass is 32.2. The van der Waals surface area contributed by atoms with Crippen LogP contribution < -0.4 is 5.32 Å². The van der Waals surface area contributed by atoms with Gasteiger partial charge >= 0.3 is 0 Å². The number of nitrogens with one attached hydrogen (secondary N) is 1. The van der Waals surface area contributed by atoms with E-state index in [-0.39, 0.29) is 5.75 Å². The van der Waals surface area contributed by atoms with Crippen LogP contribution in [0.1, 0.15) is 31.4 Å². The molecule has 1 aromatic rings. The molecule has 1 N–H and O–H groups in total. The van der Waals surface area contributed by atoms with Crippen LogP contribution in [0.2, 0.25) is 0 Å². The molecule has 0 bridgehead atoms. The van der Waals surface area contributed by atoms with Crippen molar-refractivity contribution in [1.82, 2.24) is 5.32 Å². The maximum Gasteiger partial charge on any atom is 0.150 e.